The van der Waals surface area contributed by atoms with Gasteiger partial charge in [-0.15, -0.1) is 0 Å². The number of aromatic nitrogens is 3. The van der Waals surface area contributed by atoms with E-state index in [2.05, 4.69) is 5.10 Å². The Bertz CT molecular complexity index is 789. The minimum atomic E-state index is -0.265. The van der Waals surface area contributed by atoms with Crippen LogP contribution in [0.3, 0.4) is 0 Å². The van der Waals surface area contributed by atoms with E-state index >= 15 is 0 Å². The summed E-state index contributed by atoms with van der Waals surface area (Å²) in [6.07, 6.45) is 1.96. The third kappa shape index (κ3) is 2.29. The van der Waals surface area contributed by atoms with Gasteiger partial charge in [-0.3, -0.25) is 9.36 Å². The van der Waals surface area contributed by atoms with Gasteiger partial charge in [0.05, 0.1) is 0 Å². The van der Waals surface area contributed by atoms with Crippen molar-refractivity contribution in [2.24, 2.45) is 5.92 Å². The highest BCUT2D eigenvalue weighted by Gasteiger charge is 2.41. The van der Waals surface area contributed by atoms with Crippen molar-refractivity contribution in [2.75, 3.05) is 6.54 Å². The Morgan fingerprint density at radius 3 is 2.61 bits per heavy atom. The number of benzene rings is 1. The molecule has 23 heavy (non-hydrogen) atoms. The van der Waals surface area contributed by atoms with Crippen LogP contribution >= 0.6 is 0 Å². The fourth-order valence-corrected chi connectivity index (χ4v) is 3.32. The minimum absolute atomic E-state index is 0.0815. The lowest BCUT2D eigenvalue weighted by Gasteiger charge is -2.35. The number of fused-ring (bicyclic) bond motifs is 1. The van der Waals surface area contributed by atoms with E-state index in [0.717, 1.165) is 18.4 Å². The summed E-state index contributed by atoms with van der Waals surface area (Å²) in [6.45, 7) is 3.54. The van der Waals surface area contributed by atoms with Gasteiger partial charge < -0.3 is 4.90 Å². The van der Waals surface area contributed by atoms with Gasteiger partial charge in [0.15, 0.2) is 5.82 Å². The second kappa shape index (κ2) is 5.37. The zero-order chi connectivity index (χ0) is 16.0. The molecule has 0 saturated heterocycles. The summed E-state index contributed by atoms with van der Waals surface area (Å²) in [5.41, 5.74) is 0.928. The van der Waals surface area contributed by atoms with Crippen molar-refractivity contribution in [3.63, 3.8) is 0 Å². The molecule has 0 N–H and O–H groups in total. The van der Waals surface area contributed by atoms with Crippen LogP contribution in [0.1, 0.15) is 37.2 Å². The molecule has 0 radical (unpaired) electrons. The van der Waals surface area contributed by atoms with E-state index in [1.54, 1.807) is 4.57 Å². The smallest absolute Gasteiger partial charge is 0.326 e. The topological polar surface area (TPSA) is 60.1 Å². The van der Waals surface area contributed by atoms with Crippen LogP contribution < -0.4 is 5.69 Å². The third-order valence-corrected chi connectivity index (χ3v) is 4.70. The summed E-state index contributed by atoms with van der Waals surface area (Å²) >= 11 is 0. The van der Waals surface area contributed by atoms with Gasteiger partial charge in [0.2, 0.25) is 5.91 Å². The lowest BCUT2D eigenvalue weighted by molar-refractivity contribution is -0.135. The van der Waals surface area contributed by atoms with Crippen molar-refractivity contribution in [3.8, 4) is 0 Å². The number of rotatable bonds is 3. The van der Waals surface area contributed by atoms with Crippen LogP contribution in [0.5, 0.6) is 0 Å². The number of amides is 1. The summed E-state index contributed by atoms with van der Waals surface area (Å²) in [5.74, 6) is 1.04. The summed E-state index contributed by atoms with van der Waals surface area (Å²) in [5, 5.41) is 4.51. The molecule has 1 aliphatic heterocycles. The van der Waals surface area contributed by atoms with Gasteiger partial charge in [0, 0.05) is 25.6 Å². The number of hydrogen-bond acceptors (Lipinski definition) is 3. The molecule has 2 heterocycles. The lowest BCUT2D eigenvalue weighted by atomic mass is 10.0. The molecule has 1 fully saturated rings. The van der Waals surface area contributed by atoms with Crippen molar-refractivity contribution in [1.29, 1.82) is 0 Å². The van der Waals surface area contributed by atoms with Gasteiger partial charge in [-0.25, -0.2) is 9.48 Å². The van der Waals surface area contributed by atoms with Gasteiger partial charge in [-0.1, -0.05) is 30.3 Å². The van der Waals surface area contributed by atoms with E-state index in [9.17, 15) is 9.59 Å². The Kier molecular flexibility index (Phi) is 3.32. The summed E-state index contributed by atoms with van der Waals surface area (Å²) in [7, 11) is 0. The van der Waals surface area contributed by atoms with Gasteiger partial charge in [0.25, 0.3) is 0 Å². The van der Waals surface area contributed by atoms with Crippen LogP contribution in [0, 0.1) is 5.92 Å². The lowest BCUT2D eigenvalue weighted by Crippen LogP contribution is -2.45. The second-order valence-corrected chi connectivity index (χ2v) is 6.23. The molecular weight excluding hydrogens is 292 g/mol. The highest BCUT2D eigenvalue weighted by Crippen LogP contribution is 2.37. The first-order chi connectivity index (χ1) is 11.2. The normalized spacial score (nSPS) is 20.4. The highest BCUT2D eigenvalue weighted by molar-refractivity contribution is 5.82. The molecule has 2 aliphatic rings. The number of nitrogens with zero attached hydrogens (tertiary/aromatic N) is 4. The molecule has 1 unspecified atom stereocenters. The second-order valence-electron chi connectivity index (χ2n) is 6.23. The molecule has 1 aromatic heterocycles. The number of aryl methyl sites for hydroxylation is 1. The maximum absolute atomic E-state index is 12.7. The highest BCUT2D eigenvalue weighted by atomic mass is 16.2. The van der Waals surface area contributed by atoms with Gasteiger partial charge in [0.1, 0.15) is 6.04 Å². The molecule has 1 saturated carbocycles. The van der Waals surface area contributed by atoms with Crippen LogP contribution in [-0.2, 0) is 17.9 Å². The fourth-order valence-electron chi connectivity index (χ4n) is 3.32. The van der Waals surface area contributed by atoms with E-state index in [-0.39, 0.29) is 23.6 Å². The van der Waals surface area contributed by atoms with Crippen LogP contribution in [0.4, 0.5) is 0 Å². The quantitative estimate of drug-likeness (QED) is 0.861. The minimum Gasteiger partial charge on any atom is -0.326 e. The SMILES string of the molecule is CCn1nc2n(c1=O)CCN(C(=O)C1CC1)C2c1ccccc1. The third-order valence-electron chi connectivity index (χ3n) is 4.70. The Morgan fingerprint density at radius 2 is 1.96 bits per heavy atom. The van der Waals surface area contributed by atoms with Crippen LogP contribution in [0.25, 0.3) is 0 Å². The summed E-state index contributed by atoms with van der Waals surface area (Å²) < 4.78 is 3.20. The average Bonchev–Trinajstić information content (AvgIpc) is 3.39. The summed E-state index contributed by atoms with van der Waals surface area (Å²) in [4.78, 5) is 27.0. The molecule has 2 aromatic rings. The predicted octanol–water partition coefficient (Wildman–Crippen LogP) is 1.41. The average molecular weight is 312 g/mol. The van der Waals surface area contributed by atoms with Crippen LogP contribution in [0.2, 0.25) is 0 Å². The van der Waals surface area contributed by atoms with E-state index in [4.69, 9.17) is 0 Å². The molecule has 1 aromatic carbocycles. The van der Waals surface area contributed by atoms with Crippen molar-refractivity contribution in [1.82, 2.24) is 19.2 Å². The molecular formula is C17H20N4O2. The zero-order valence-corrected chi connectivity index (χ0v) is 13.2. The maximum atomic E-state index is 12.7. The Hall–Kier alpha value is -2.37. The fraction of sp³-hybridized carbons (Fsp3) is 0.471. The molecule has 0 bridgehead atoms. The van der Waals surface area contributed by atoms with Crippen LogP contribution in [-0.4, -0.2) is 31.7 Å². The van der Waals surface area contributed by atoms with Gasteiger partial charge >= 0.3 is 5.69 Å². The first kappa shape index (κ1) is 14.2. The largest absolute Gasteiger partial charge is 0.346 e. The molecule has 1 atom stereocenters. The molecule has 1 amide bonds. The van der Waals surface area contributed by atoms with E-state index in [1.807, 2.05) is 42.2 Å². The summed E-state index contributed by atoms with van der Waals surface area (Å²) in [6, 6.07) is 9.62. The standard InChI is InChI=1S/C17H20N4O2/c1-2-21-17(23)20-11-10-19(16(22)13-8-9-13)14(15(20)18-21)12-6-4-3-5-7-12/h3-7,13-14H,2,8-11H2,1H3. The van der Waals surface area contributed by atoms with Crippen molar-refractivity contribution in [2.45, 2.75) is 38.9 Å². The molecule has 1 aliphatic carbocycles. The molecule has 6 nitrogen and oxygen atoms in total. The van der Waals surface area contributed by atoms with E-state index in [0.29, 0.717) is 25.5 Å². The maximum Gasteiger partial charge on any atom is 0.346 e. The molecule has 120 valence electrons. The Labute approximate surface area is 134 Å². The van der Waals surface area contributed by atoms with Crippen LogP contribution in [0.15, 0.2) is 35.1 Å². The van der Waals surface area contributed by atoms with Crippen molar-refractivity contribution >= 4 is 5.91 Å². The van der Waals surface area contributed by atoms with Crippen molar-refractivity contribution < 1.29 is 4.79 Å². The number of carbonyl (C=O) groups is 1. The first-order valence-electron chi connectivity index (χ1n) is 8.23. The number of carbonyl (C=O) groups excluding carboxylic acids is 1. The number of hydrogen-bond donors (Lipinski definition) is 0. The first-order valence-corrected chi connectivity index (χ1v) is 8.23. The Morgan fingerprint density at radius 1 is 1.22 bits per heavy atom. The monoisotopic (exact) mass is 312 g/mol. The molecule has 4 rings (SSSR count). The molecule has 6 heteroatoms. The van der Waals surface area contributed by atoms with Gasteiger partial charge in [-0.2, -0.15) is 5.10 Å². The van der Waals surface area contributed by atoms with E-state index < -0.39 is 0 Å². The van der Waals surface area contributed by atoms with E-state index in [1.165, 1.54) is 4.68 Å². The molecule has 0 spiro atoms. The Balaban J connectivity index is 1.84. The van der Waals surface area contributed by atoms with Gasteiger partial charge in [-0.05, 0) is 25.3 Å². The zero-order valence-electron chi connectivity index (χ0n) is 13.2. The van der Waals surface area contributed by atoms with Crippen molar-refractivity contribution in [3.05, 3.63) is 52.2 Å². The predicted molar refractivity (Wildman–Crippen MR) is 84.9 cm³/mol.